The molecule has 1 rings (SSSR count). The number of rotatable bonds is 3. The van der Waals surface area contributed by atoms with Crippen LogP contribution in [0.5, 0.6) is 0 Å². The van der Waals surface area contributed by atoms with Gasteiger partial charge in [0, 0.05) is 4.48 Å². The molecule has 12 heavy (non-hydrogen) atoms. The monoisotopic (exact) mass is 231 g/mol. The zero-order chi connectivity index (χ0) is 8.97. The van der Waals surface area contributed by atoms with Crippen molar-refractivity contribution in [3.63, 3.8) is 0 Å². The fourth-order valence-corrected chi connectivity index (χ4v) is 1.23. The van der Waals surface area contributed by atoms with E-state index in [0.29, 0.717) is 0 Å². The quantitative estimate of drug-likeness (QED) is 0.791. The number of nitrogens with two attached hydrogens (primary N) is 1. The van der Waals surface area contributed by atoms with E-state index in [0.717, 1.165) is 10.9 Å². The van der Waals surface area contributed by atoms with E-state index in [9.17, 15) is 4.79 Å². The molecule has 1 aliphatic rings. The highest BCUT2D eigenvalue weighted by molar-refractivity contribution is 9.11. The summed E-state index contributed by atoms with van der Waals surface area (Å²) in [5.74, 6) is -0.433. The van der Waals surface area contributed by atoms with Gasteiger partial charge in [-0.15, -0.1) is 0 Å². The molecule has 2 N–H and O–H groups in total. The van der Waals surface area contributed by atoms with Crippen LogP contribution in [-0.4, -0.2) is 18.6 Å². The molecule has 0 heterocycles. The normalized spacial score (nSPS) is 22.1. The number of carbonyl (C=O) groups excluding carboxylic acids is 1. The molecule has 66 valence electrons. The molecule has 0 aromatic carbocycles. The van der Waals surface area contributed by atoms with Crippen molar-refractivity contribution in [3.8, 4) is 0 Å². The Morgan fingerprint density at radius 3 is 3.08 bits per heavy atom. The summed E-state index contributed by atoms with van der Waals surface area (Å²) in [6.07, 6.45) is 6.55. The van der Waals surface area contributed by atoms with Gasteiger partial charge in [0.2, 0.25) is 5.91 Å². The Kier molecular flexibility index (Phi) is 3.49. The molecule has 1 unspecified atom stereocenters. The fraction of sp³-hybridized carbons (Fsp3) is 0.375. The van der Waals surface area contributed by atoms with Gasteiger partial charge in [0.15, 0.2) is 0 Å². The second-order valence-corrected chi connectivity index (χ2v) is 3.42. The summed E-state index contributed by atoms with van der Waals surface area (Å²) >= 11 is 3.32. The zero-order valence-corrected chi connectivity index (χ0v) is 8.08. The molecule has 0 aromatic rings. The summed E-state index contributed by atoms with van der Waals surface area (Å²) in [7, 11) is 0. The van der Waals surface area contributed by atoms with E-state index < -0.39 is 5.91 Å². The van der Waals surface area contributed by atoms with Crippen LogP contribution in [0.3, 0.4) is 0 Å². The summed E-state index contributed by atoms with van der Waals surface area (Å²) in [6.45, 7) is -0.0134. The van der Waals surface area contributed by atoms with Gasteiger partial charge >= 0.3 is 0 Å². The zero-order valence-electron chi connectivity index (χ0n) is 6.50. The predicted molar refractivity (Wildman–Crippen MR) is 49.7 cm³/mol. The highest BCUT2D eigenvalue weighted by Crippen LogP contribution is 2.17. The number of carbonyl (C=O) groups is 1. The smallest absolute Gasteiger partial charge is 0.243 e. The topological polar surface area (TPSA) is 52.3 Å². The fourth-order valence-electron chi connectivity index (χ4n) is 0.887. The van der Waals surface area contributed by atoms with Crippen molar-refractivity contribution >= 4 is 21.8 Å². The number of amides is 1. The maximum Gasteiger partial charge on any atom is 0.243 e. The molecule has 0 radical (unpaired) electrons. The van der Waals surface area contributed by atoms with Crippen LogP contribution in [0.25, 0.3) is 0 Å². The second-order valence-electron chi connectivity index (χ2n) is 2.50. The Labute approximate surface area is 79.4 Å². The Hall–Kier alpha value is -0.610. The standard InChI is InChI=1S/C8H10BrNO2/c9-6-1-3-7(4-2-6)12-5-8(10)11/h1-3,7H,4-5H2,(H2,10,11). The Balaban J connectivity index is 2.29. The van der Waals surface area contributed by atoms with Crippen LogP contribution in [-0.2, 0) is 9.53 Å². The van der Waals surface area contributed by atoms with E-state index >= 15 is 0 Å². The minimum Gasteiger partial charge on any atom is -0.368 e. The van der Waals surface area contributed by atoms with E-state index in [1.165, 1.54) is 0 Å². The highest BCUT2D eigenvalue weighted by Gasteiger charge is 2.08. The van der Waals surface area contributed by atoms with Crippen molar-refractivity contribution in [3.05, 3.63) is 22.7 Å². The first-order valence-electron chi connectivity index (χ1n) is 3.62. The van der Waals surface area contributed by atoms with E-state index in [1.807, 2.05) is 18.2 Å². The maximum atomic E-state index is 10.4. The molecule has 0 aromatic heterocycles. The lowest BCUT2D eigenvalue weighted by molar-refractivity contribution is -0.123. The molecule has 0 bridgehead atoms. The summed E-state index contributed by atoms with van der Waals surface area (Å²) in [5, 5.41) is 0. The molecule has 4 heteroatoms. The number of halogens is 1. The van der Waals surface area contributed by atoms with E-state index in [4.69, 9.17) is 10.5 Å². The number of hydrogen-bond donors (Lipinski definition) is 1. The van der Waals surface area contributed by atoms with Gasteiger partial charge in [-0.1, -0.05) is 28.1 Å². The van der Waals surface area contributed by atoms with Crippen molar-refractivity contribution < 1.29 is 9.53 Å². The third-order valence-electron chi connectivity index (χ3n) is 1.45. The van der Waals surface area contributed by atoms with Gasteiger partial charge in [-0.2, -0.15) is 0 Å². The average molecular weight is 232 g/mol. The minimum atomic E-state index is -0.433. The third-order valence-corrected chi connectivity index (χ3v) is 2.04. The molecular formula is C8H10BrNO2. The Morgan fingerprint density at radius 1 is 1.83 bits per heavy atom. The van der Waals surface area contributed by atoms with E-state index in [1.54, 1.807) is 0 Å². The van der Waals surface area contributed by atoms with Crippen LogP contribution in [0.4, 0.5) is 0 Å². The van der Waals surface area contributed by atoms with E-state index in [2.05, 4.69) is 15.9 Å². The molecule has 1 amide bonds. The van der Waals surface area contributed by atoms with E-state index in [-0.39, 0.29) is 12.7 Å². The minimum absolute atomic E-state index is 0.0134. The van der Waals surface area contributed by atoms with Gasteiger partial charge in [-0.05, 0) is 12.5 Å². The van der Waals surface area contributed by atoms with Crippen LogP contribution in [0.15, 0.2) is 22.7 Å². The van der Waals surface area contributed by atoms with Crippen molar-refractivity contribution in [1.82, 2.24) is 0 Å². The van der Waals surface area contributed by atoms with Crippen LogP contribution in [0, 0.1) is 0 Å². The van der Waals surface area contributed by atoms with Gasteiger partial charge in [0.25, 0.3) is 0 Å². The number of ether oxygens (including phenoxy) is 1. The molecule has 1 atom stereocenters. The molecule has 0 spiro atoms. The maximum absolute atomic E-state index is 10.4. The summed E-state index contributed by atoms with van der Waals surface area (Å²) in [4.78, 5) is 10.4. The number of hydrogen-bond acceptors (Lipinski definition) is 2. The lowest BCUT2D eigenvalue weighted by atomic mass is 10.1. The summed E-state index contributed by atoms with van der Waals surface area (Å²) < 4.78 is 6.21. The average Bonchev–Trinajstić information content (AvgIpc) is 2.03. The first kappa shape index (κ1) is 9.48. The number of primary amides is 1. The molecular weight excluding hydrogens is 222 g/mol. The van der Waals surface area contributed by atoms with Gasteiger partial charge in [-0.25, -0.2) is 0 Å². The molecule has 0 saturated heterocycles. The van der Waals surface area contributed by atoms with Crippen molar-refractivity contribution in [2.45, 2.75) is 12.5 Å². The lowest BCUT2D eigenvalue weighted by Gasteiger charge is -2.13. The molecule has 1 aliphatic carbocycles. The van der Waals surface area contributed by atoms with Gasteiger partial charge < -0.3 is 10.5 Å². The van der Waals surface area contributed by atoms with Crippen LogP contribution in [0.1, 0.15) is 6.42 Å². The third kappa shape index (κ3) is 3.19. The first-order valence-corrected chi connectivity index (χ1v) is 4.41. The second kappa shape index (κ2) is 4.42. The van der Waals surface area contributed by atoms with Crippen molar-refractivity contribution in [1.29, 1.82) is 0 Å². The Morgan fingerprint density at radius 2 is 2.58 bits per heavy atom. The number of allylic oxidation sites excluding steroid dienone is 2. The van der Waals surface area contributed by atoms with Crippen molar-refractivity contribution in [2.24, 2.45) is 5.73 Å². The largest absolute Gasteiger partial charge is 0.368 e. The summed E-state index contributed by atoms with van der Waals surface area (Å²) in [6, 6.07) is 0. The lowest BCUT2D eigenvalue weighted by Crippen LogP contribution is -2.22. The SMILES string of the molecule is NC(=O)COC1C=CC(Br)=CC1. The summed E-state index contributed by atoms with van der Waals surface area (Å²) in [5.41, 5.74) is 4.92. The van der Waals surface area contributed by atoms with Crippen LogP contribution < -0.4 is 5.73 Å². The van der Waals surface area contributed by atoms with Crippen molar-refractivity contribution in [2.75, 3.05) is 6.61 Å². The molecule has 0 saturated carbocycles. The molecule has 3 nitrogen and oxygen atoms in total. The molecule has 0 aliphatic heterocycles. The van der Waals surface area contributed by atoms with Gasteiger partial charge in [-0.3, -0.25) is 4.79 Å². The van der Waals surface area contributed by atoms with Crippen LogP contribution in [0.2, 0.25) is 0 Å². The first-order chi connectivity index (χ1) is 5.68. The Bertz CT molecular complexity index is 235. The molecule has 0 fully saturated rings. The highest BCUT2D eigenvalue weighted by atomic mass is 79.9. The van der Waals surface area contributed by atoms with Crippen LogP contribution >= 0.6 is 15.9 Å². The van der Waals surface area contributed by atoms with Gasteiger partial charge in [0.1, 0.15) is 6.61 Å². The predicted octanol–water partition coefficient (Wildman–Crippen LogP) is 1.10. The van der Waals surface area contributed by atoms with Gasteiger partial charge in [0.05, 0.1) is 6.10 Å².